The third kappa shape index (κ3) is 3.41. The Morgan fingerprint density at radius 2 is 1.94 bits per heavy atom. The van der Waals surface area contributed by atoms with Gasteiger partial charge in [0.05, 0.1) is 53.8 Å². The monoisotopic (exact) mass is 432 g/mol. The fourth-order valence-electron chi connectivity index (χ4n) is 3.85. The van der Waals surface area contributed by atoms with Crippen LogP contribution in [0.15, 0.2) is 55.0 Å². The van der Waals surface area contributed by atoms with Crippen LogP contribution in [0.5, 0.6) is 5.75 Å². The van der Waals surface area contributed by atoms with E-state index in [1.807, 2.05) is 38.4 Å². The molecule has 1 aliphatic rings. The number of benzene rings is 1. The highest BCUT2D eigenvalue weighted by molar-refractivity contribution is 6.11. The van der Waals surface area contributed by atoms with E-state index in [0.29, 0.717) is 41.7 Å². The second kappa shape index (κ2) is 7.92. The van der Waals surface area contributed by atoms with Crippen LogP contribution in [-0.2, 0) is 20.3 Å². The smallest absolute Gasteiger partial charge is 0.334 e. The predicted molar refractivity (Wildman–Crippen MR) is 119 cm³/mol. The second-order valence-corrected chi connectivity index (χ2v) is 7.46. The molecule has 0 bridgehead atoms. The Labute approximate surface area is 183 Å². The van der Waals surface area contributed by atoms with Crippen LogP contribution in [0.2, 0.25) is 0 Å². The summed E-state index contributed by atoms with van der Waals surface area (Å²) in [5.74, 6) is 0.572. The number of rotatable bonds is 5. The molecular formula is C23H21FN6O2. The lowest BCUT2D eigenvalue weighted by Gasteiger charge is -2.36. The molecule has 0 N–H and O–H groups in total. The number of fused-ring (bicyclic) bond motifs is 2. The first-order valence-corrected chi connectivity index (χ1v) is 10.2. The largest absolute Gasteiger partial charge is 0.492 e. The number of aryl methyl sites for hydroxylation is 1. The summed E-state index contributed by atoms with van der Waals surface area (Å²) in [6, 6.07) is 10.5. The lowest BCUT2D eigenvalue weighted by Crippen LogP contribution is -2.45. The van der Waals surface area contributed by atoms with Crippen LogP contribution >= 0.6 is 0 Å². The third-order valence-corrected chi connectivity index (χ3v) is 5.32. The number of anilines is 3. The van der Waals surface area contributed by atoms with Crippen LogP contribution in [0.25, 0.3) is 10.9 Å². The average molecular weight is 432 g/mol. The summed E-state index contributed by atoms with van der Waals surface area (Å²) >= 11 is 0. The van der Waals surface area contributed by atoms with Crippen molar-refractivity contribution in [1.29, 1.82) is 0 Å². The molecule has 8 nitrogen and oxygen atoms in total. The molecule has 0 unspecified atom stereocenters. The van der Waals surface area contributed by atoms with Crippen molar-refractivity contribution in [2.24, 2.45) is 7.05 Å². The first-order chi connectivity index (χ1) is 15.6. The minimum absolute atomic E-state index is 0.258. The summed E-state index contributed by atoms with van der Waals surface area (Å²) in [5, 5.41) is 5.33. The normalized spacial score (nSPS) is 13.5. The van der Waals surface area contributed by atoms with Crippen molar-refractivity contribution in [1.82, 2.24) is 19.7 Å². The van der Waals surface area contributed by atoms with E-state index in [-0.39, 0.29) is 6.03 Å². The molecule has 5 rings (SSSR count). The molecule has 3 aromatic heterocycles. The summed E-state index contributed by atoms with van der Waals surface area (Å²) in [7, 11) is 1.86. The number of carbonyl (C=O) groups is 1. The molecule has 0 atom stereocenters. The minimum Gasteiger partial charge on any atom is -0.492 e. The number of amides is 2. The Hall–Kier alpha value is -4.01. The van der Waals surface area contributed by atoms with Crippen molar-refractivity contribution >= 4 is 34.0 Å². The van der Waals surface area contributed by atoms with E-state index < -0.39 is 6.67 Å². The first kappa shape index (κ1) is 19.9. The number of carbonyl (C=O) groups excluding carboxylic acids is 1. The van der Waals surface area contributed by atoms with Crippen LogP contribution in [0.4, 0.5) is 26.2 Å². The molecule has 9 heteroatoms. The second-order valence-electron chi connectivity index (χ2n) is 7.46. The summed E-state index contributed by atoms with van der Waals surface area (Å²) in [5.41, 5.74) is 3.75. The molecule has 2 amide bonds. The van der Waals surface area contributed by atoms with Gasteiger partial charge in [0.25, 0.3) is 0 Å². The molecule has 1 aromatic carbocycles. The highest BCUT2D eigenvalue weighted by Gasteiger charge is 2.34. The molecule has 162 valence electrons. The van der Waals surface area contributed by atoms with E-state index >= 15 is 0 Å². The van der Waals surface area contributed by atoms with Crippen molar-refractivity contribution < 1.29 is 13.9 Å². The highest BCUT2D eigenvalue weighted by atomic mass is 19.1. The van der Waals surface area contributed by atoms with Crippen LogP contribution in [0, 0.1) is 0 Å². The van der Waals surface area contributed by atoms with E-state index in [1.165, 1.54) is 11.1 Å². The maximum absolute atomic E-state index is 13.7. The van der Waals surface area contributed by atoms with Crippen LogP contribution in [0.1, 0.15) is 18.3 Å². The van der Waals surface area contributed by atoms with Gasteiger partial charge in [0.2, 0.25) is 0 Å². The van der Waals surface area contributed by atoms with Gasteiger partial charge >= 0.3 is 6.03 Å². The van der Waals surface area contributed by atoms with Crippen molar-refractivity contribution in [2.45, 2.75) is 20.1 Å². The summed E-state index contributed by atoms with van der Waals surface area (Å²) < 4.78 is 20.3. The average Bonchev–Trinajstić information content (AvgIpc) is 3.18. The fraction of sp³-hybridized carbons (Fsp3) is 0.217. The quantitative estimate of drug-likeness (QED) is 0.464. The fourth-order valence-corrected chi connectivity index (χ4v) is 3.85. The van der Waals surface area contributed by atoms with Gasteiger partial charge in [0.1, 0.15) is 12.4 Å². The van der Waals surface area contributed by atoms with Gasteiger partial charge in [-0.05, 0) is 37.3 Å². The molecule has 4 aromatic rings. The van der Waals surface area contributed by atoms with Gasteiger partial charge in [-0.15, -0.1) is 0 Å². The highest BCUT2D eigenvalue weighted by Crippen LogP contribution is 2.38. The van der Waals surface area contributed by atoms with Gasteiger partial charge in [-0.3, -0.25) is 24.4 Å². The molecule has 0 fully saturated rings. The van der Waals surface area contributed by atoms with E-state index in [4.69, 9.17) is 4.74 Å². The van der Waals surface area contributed by atoms with E-state index in [2.05, 4.69) is 15.1 Å². The van der Waals surface area contributed by atoms with Crippen LogP contribution in [0.3, 0.4) is 0 Å². The standard InChI is InChI=1S/C23H21FN6O2/c1-3-32-19-9-22-21(26-12-19)14-29(17-6-7-20-15(8-17)13-28(2)27-20)23(31)30(22)18-5-4-16(10-24)25-11-18/h4-9,11-13H,3,10,14H2,1-2H3. The summed E-state index contributed by atoms with van der Waals surface area (Å²) in [6.45, 7) is 2.01. The molecule has 1 aliphatic heterocycles. The maximum atomic E-state index is 13.7. The number of hydrogen-bond acceptors (Lipinski definition) is 5. The summed E-state index contributed by atoms with van der Waals surface area (Å²) in [4.78, 5) is 25.6. The van der Waals surface area contributed by atoms with Gasteiger partial charge in [0.15, 0.2) is 0 Å². The van der Waals surface area contributed by atoms with Gasteiger partial charge in [0, 0.05) is 30.4 Å². The number of alkyl halides is 1. The SMILES string of the molecule is CCOc1cnc2c(c1)N(c1ccc(CF)nc1)C(=O)N(c1ccc3nn(C)cc3c1)C2. The van der Waals surface area contributed by atoms with Crippen LogP contribution in [-0.4, -0.2) is 32.4 Å². The molecular weight excluding hydrogens is 411 g/mol. The van der Waals surface area contributed by atoms with Gasteiger partial charge in [-0.1, -0.05) is 0 Å². The Morgan fingerprint density at radius 3 is 2.69 bits per heavy atom. The maximum Gasteiger partial charge on any atom is 0.334 e. The first-order valence-electron chi connectivity index (χ1n) is 10.2. The third-order valence-electron chi connectivity index (χ3n) is 5.32. The predicted octanol–water partition coefficient (Wildman–Crippen LogP) is 4.51. The number of pyridine rings is 2. The van der Waals surface area contributed by atoms with Crippen LogP contribution < -0.4 is 14.5 Å². The van der Waals surface area contributed by atoms with Crippen molar-refractivity contribution in [2.75, 3.05) is 16.4 Å². The minimum atomic E-state index is -0.669. The van der Waals surface area contributed by atoms with E-state index in [1.54, 1.807) is 34.0 Å². The van der Waals surface area contributed by atoms with E-state index in [0.717, 1.165) is 16.6 Å². The number of hydrogen-bond donors (Lipinski definition) is 0. The zero-order valence-electron chi connectivity index (χ0n) is 17.7. The molecule has 4 heterocycles. The summed E-state index contributed by atoms with van der Waals surface area (Å²) in [6.07, 6.45) is 5.06. The van der Waals surface area contributed by atoms with Gasteiger partial charge in [-0.2, -0.15) is 5.10 Å². The Kier molecular flexibility index (Phi) is 4.93. The number of aromatic nitrogens is 4. The van der Waals surface area contributed by atoms with Crippen molar-refractivity contribution in [3.05, 3.63) is 66.4 Å². The van der Waals surface area contributed by atoms with Gasteiger partial charge < -0.3 is 4.74 Å². The number of ether oxygens (including phenoxy) is 1. The molecule has 0 spiro atoms. The number of halogens is 1. The molecule has 0 saturated carbocycles. The van der Waals surface area contributed by atoms with Crippen molar-refractivity contribution in [3.63, 3.8) is 0 Å². The molecule has 0 radical (unpaired) electrons. The Bertz CT molecular complexity index is 1300. The molecule has 0 saturated heterocycles. The topological polar surface area (TPSA) is 76.4 Å². The zero-order valence-corrected chi connectivity index (χ0v) is 17.7. The Morgan fingerprint density at radius 1 is 1.09 bits per heavy atom. The lowest BCUT2D eigenvalue weighted by molar-refractivity contribution is 0.252. The van der Waals surface area contributed by atoms with Crippen molar-refractivity contribution in [3.8, 4) is 5.75 Å². The molecule has 0 aliphatic carbocycles. The molecule has 32 heavy (non-hydrogen) atoms. The Balaban J connectivity index is 1.62. The lowest BCUT2D eigenvalue weighted by atomic mass is 10.1. The number of nitrogens with zero attached hydrogens (tertiary/aromatic N) is 6. The van der Waals surface area contributed by atoms with Gasteiger partial charge in [-0.25, -0.2) is 9.18 Å². The zero-order chi connectivity index (χ0) is 22.2. The number of urea groups is 1. The van der Waals surface area contributed by atoms with E-state index in [9.17, 15) is 9.18 Å².